The molecule has 76 valence electrons. The molecule has 14 heavy (non-hydrogen) atoms. The summed E-state index contributed by atoms with van der Waals surface area (Å²) in [7, 11) is 1.51. The number of nitrogens with two attached hydrogens (primary N) is 1. The summed E-state index contributed by atoms with van der Waals surface area (Å²) >= 11 is 0. The van der Waals surface area contributed by atoms with Gasteiger partial charge in [0.25, 0.3) is 0 Å². The maximum absolute atomic E-state index is 11.6. The second-order valence-electron chi connectivity index (χ2n) is 3.16. The molecule has 1 aromatic heterocycles. The molecule has 1 unspecified atom stereocenters. The van der Waals surface area contributed by atoms with E-state index in [0.717, 1.165) is 0 Å². The normalized spacial score (nSPS) is 12.2. The number of hydrogen-bond donors (Lipinski definition) is 1. The standard InChI is InChI=1S/C10H14N2O2/c1-7(11)6-8(13)10-9(14-2)4-3-5-12-10/h3-5,7H,6,11H2,1-2H3. The van der Waals surface area contributed by atoms with Gasteiger partial charge in [-0.3, -0.25) is 4.79 Å². The Kier molecular flexibility index (Phi) is 3.59. The van der Waals surface area contributed by atoms with Gasteiger partial charge in [0, 0.05) is 18.7 Å². The Bertz CT molecular complexity index is 324. The molecule has 1 atom stereocenters. The summed E-state index contributed by atoms with van der Waals surface area (Å²) in [5, 5.41) is 0. The van der Waals surface area contributed by atoms with Crippen LogP contribution in [-0.4, -0.2) is 23.9 Å². The first-order valence-electron chi connectivity index (χ1n) is 4.43. The van der Waals surface area contributed by atoms with Crippen molar-refractivity contribution in [1.82, 2.24) is 4.98 Å². The SMILES string of the molecule is COc1cccnc1C(=O)CC(C)N. The first-order valence-corrected chi connectivity index (χ1v) is 4.43. The number of nitrogens with zero attached hydrogens (tertiary/aromatic N) is 1. The van der Waals surface area contributed by atoms with Crippen LogP contribution in [0.4, 0.5) is 0 Å². The number of carbonyl (C=O) groups excluding carboxylic acids is 1. The summed E-state index contributed by atoms with van der Waals surface area (Å²) in [6.45, 7) is 1.79. The lowest BCUT2D eigenvalue weighted by Gasteiger charge is -2.07. The zero-order valence-corrected chi connectivity index (χ0v) is 8.36. The van der Waals surface area contributed by atoms with Crippen molar-refractivity contribution in [3.8, 4) is 5.75 Å². The Morgan fingerprint density at radius 1 is 1.71 bits per heavy atom. The van der Waals surface area contributed by atoms with E-state index in [1.165, 1.54) is 7.11 Å². The number of ketones is 1. The average Bonchev–Trinajstić information content (AvgIpc) is 2.16. The molecule has 0 aromatic carbocycles. The average molecular weight is 194 g/mol. The van der Waals surface area contributed by atoms with Gasteiger partial charge in [0.05, 0.1) is 7.11 Å². The first kappa shape index (κ1) is 10.7. The van der Waals surface area contributed by atoms with Crippen molar-refractivity contribution in [2.45, 2.75) is 19.4 Å². The van der Waals surface area contributed by atoms with E-state index in [1.807, 2.05) is 0 Å². The monoisotopic (exact) mass is 194 g/mol. The molecule has 4 nitrogen and oxygen atoms in total. The largest absolute Gasteiger partial charge is 0.494 e. The van der Waals surface area contributed by atoms with Crippen LogP contribution in [0.5, 0.6) is 5.75 Å². The van der Waals surface area contributed by atoms with Gasteiger partial charge in [0.15, 0.2) is 5.78 Å². The molecule has 1 aromatic rings. The third-order valence-electron chi connectivity index (χ3n) is 1.76. The van der Waals surface area contributed by atoms with E-state index >= 15 is 0 Å². The molecule has 0 spiro atoms. The molecular weight excluding hydrogens is 180 g/mol. The van der Waals surface area contributed by atoms with Gasteiger partial charge in [0.1, 0.15) is 11.4 Å². The molecule has 0 saturated carbocycles. The highest BCUT2D eigenvalue weighted by Crippen LogP contribution is 2.16. The summed E-state index contributed by atoms with van der Waals surface area (Å²) in [6, 6.07) is 3.28. The Labute approximate surface area is 83.1 Å². The van der Waals surface area contributed by atoms with Crippen molar-refractivity contribution >= 4 is 5.78 Å². The Morgan fingerprint density at radius 3 is 3.00 bits per heavy atom. The molecule has 2 N–H and O–H groups in total. The van der Waals surface area contributed by atoms with Crippen molar-refractivity contribution < 1.29 is 9.53 Å². The number of hydrogen-bond acceptors (Lipinski definition) is 4. The lowest BCUT2D eigenvalue weighted by Crippen LogP contribution is -2.20. The molecule has 1 heterocycles. The number of methoxy groups -OCH3 is 1. The second kappa shape index (κ2) is 4.72. The van der Waals surface area contributed by atoms with Gasteiger partial charge in [-0.15, -0.1) is 0 Å². The molecule has 0 aliphatic rings. The number of carbonyl (C=O) groups is 1. The molecule has 0 amide bonds. The van der Waals surface area contributed by atoms with E-state index in [4.69, 9.17) is 10.5 Å². The Hall–Kier alpha value is -1.42. The summed E-state index contributed by atoms with van der Waals surface area (Å²) in [5.74, 6) is 0.413. The maximum atomic E-state index is 11.6. The van der Waals surface area contributed by atoms with Crippen molar-refractivity contribution in [2.24, 2.45) is 5.73 Å². The predicted octanol–water partition coefficient (Wildman–Crippen LogP) is 1.01. The summed E-state index contributed by atoms with van der Waals surface area (Å²) < 4.78 is 5.02. The highest BCUT2D eigenvalue weighted by Gasteiger charge is 2.14. The quantitative estimate of drug-likeness (QED) is 0.726. The van der Waals surface area contributed by atoms with E-state index in [9.17, 15) is 4.79 Å². The van der Waals surface area contributed by atoms with Gasteiger partial charge in [-0.25, -0.2) is 4.98 Å². The summed E-state index contributed by atoms with van der Waals surface area (Å²) in [6.07, 6.45) is 1.85. The van der Waals surface area contributed by atoms with Gasteiger partial charge in [-0.2, -0.15) is 0 Å². The second-order valence-corrected chi connectivity index (χ2v) is 3.16. The Morgan fingerprint density at radius 2 is 2.43 bits per heavy atom. The van der Waals surface area contributed by atoms with Crippen LogP contribution in [-0.2, 0) is 0 Å². The molecule has 0 aliphatic heterocycles. The number of pyridine rings is 1. The molecule has 0 saturated heterocycles. The maximum Gasteiger partial charge on any atom is 0.186 e. The molecule has 0 fully saturated rings. The van der Waals surface area contributed by atoms with Crippen LogP contribution in [0.2, 0.25) is 0 Å². The van der Waals surface area contributed by atoms with Crippen LogP contribution in [0.25, 0.3) is 0 Å². The fraction of sp³-hybridized carbons (Fsp3) is 0.400. The van der Waals surface area contributed by atoms with Gasteiger partial charge >= 0.3 is 0 Å². The lowest BCUT2D eigenvalue weighted by atomic mass is 10.1. The van der Waals surface area contributed by atoms with Crippen LogP contribution >= 0.6 is 0 Å². The zero-order chi connectivity index (χ0) is 10.6. The van der Waals surface area contributed by atoms with E-state index in [2.05, 4.69) is 4.98 Å². The van der Waals surface area contributed by atoms with Crippen molar-refractivity contribution in [2.75, 3.05) is 7.11 Å². The number of Topliss-reactive ketones (excluding diaryl/α,β-unsaturated/α-hetero) is 1. The number of rotatable bonds is 4. The topological polar surface area (TPSA) is 65.2 Å². The summed E-state index contributed by atoms with van der Waals surface area (Å²) in [5.41, 5.74) is 5.89. The third-order valence-corrected chi connectivity index (χ3v) is 1.76. The fourth-order valence-electron chi connectivity index (χ4n) is 1.15. The molecule has 0 radical (unpaired) electrons. The van der Waals surface area contributed by atoms with E-state index in [0.29, 0.717) is 11.4 Å². The molecule has 0 aliphatic carbocycles. The molecular formula is C10H14N2O2. The first-order chi connectivity index (χ1) is 6.65. The lowest BCUT2D eigenvalue weighted by molar-refractivity contribution is 0.0968. The minimum atomic E-state index is -0.158. The number of ether oxygens (including phenoxy) is 1. The van der Waals surface area contributed by atoms with E-state index in [1.54, 1.807) is 25.3 Å². The molecule has 0 bridgehead atoms. The van der Waals surface area contributed by atoms with Gasteiger partial charge in [-0.1, -0.05) is 0 Å². The number of aromatic nitrogens is 1. The fourth-order valence-corrected chi connectivity index (χ4v) is 1.15. The van der Waals surface area contributed by atoms with Crippen LogP contribution in [0.3, 0.4) is 0 Å². The van der Waals surface area contributed by atoms with Crippen molar-refractivity contribution in [3.05, 3.63) is 24.0 Å². The van der Waals surface area contributed by atoms with Crippen LogP contribution in [0.1, 0.15) is 23.8 Å². The summed E-state index contributed by atoms with van der Waals surface area (Å²) in [4.78, 5) is 15.6. The Balaban J connectivity index is 2.88. The zero-order valence-electron chi connectivity index (χ0n) is 8.36. The minimum Gasteiger partial charge on any atom is -0.494 e. The van der Waals surface area contributed by atoms with Crippen LogP contribution in [0.15, 0.2) is 18.3 Å². The van der Waals surface area contributed by atoms with Crippen molar-refractivity contribution in [1.29, 1.82) is 0 Å². The molecule has 1 rings (SSSR count). The highest BCUT2D eigenvalue weighted by atomic mass is 16.5. The van der Waals surface area contributed by atoms with E-state index in [-0.39, 0.29) is 18.2 Å². The van der Waals surface area contributed by atoms with Crippen LogP contribution in [0, 0.1) is 0 Å². The smallest absolute Gasteiger partial charge is 0.186 e. The van der Waals surface area contributed by atoms with Gasteiger partial charge < -0.3 is 10.5 Å². The third kappa shape index (κ3) is 2.53. The minimum absolute atomic E-state index is 0.0857. The van der Waals surface area contributed by atoms with Gasteiger partial charge in [0.2, 0.25) is 0 Å². The van der Waals surface area contributed by atoms with Crippen LogP contribution < -0.4 is 10.5 Å². The van der Waals surface area contributed by atoms with Crippen molar-refractivity contribution in [3.63, 3.8) is 0 Å². The highest BCUT2D eigenvalue weighted by molar-refractivity contribution is 5.97. The predicted molar refractivity (Wildman–Crippen MR) is 53.4 cm³/mol. The molecule has 4 heteroatoms. The van der Waals surface area contributed by atoms with Gasteiger partial charge in [-0.05, 0) is 19.1 Å². The van der Waals surface area contributed by atoms with E-state index < -0.39 is 0 Å².